The van der Waals surface area contributed by atoms with Crippen molar-refractivity contribution in [3.05, 3.63) is 142 Å². The molecule has 7 rings (SSSR count). The van der Waals surface area contributed by atoms with Crippen molar-refractivity contribution >= 4 is 41.2 Å². The summed E-state index contributed by atoms with van der Waals surface area (Å²) in [6.45, 7) is 0. The van der Waals surface area contributed by atoms with Crippen LogP contribution >= 0.6 is 0 Å². The number of anilines is 2. The van der Waals surface area contributed by atoms with Crippen LogP contribution in [-0.4, -0.2) is 29.8 Å². The fourth-order valence-corrected chi connectivity index (χ4v) is 5.83. The molecule has 51 heavy (non-hydrogen) atoms. The molecule has 1 spiro atoms. The summed E-state index contributed by atoms with van der Waals surface area (Å²) >= 11 is 0. The maximum atomic E-state index is 15.8. The van der Waals surface area contributed by atoms with Crippen LogP contribution in [-0.2, 0) is 10.3 Å². The van der Waals surface area contributed by atoms with Gasteiger partial charge in [0.1, 0.15) is 11.5 Å². The molecule has 0 radical (unpaired) electrons. The molecule has 2 heterocycles. The van der Waals surface area contributed by atoms with Crippen LogP contribution in [0, 0.1) is 22.5 Å². The molecule has 2 aliphatic rings. The molecule has 0 atom stereocenters. The summed E-state index contributed by atoms with van der Waals surface area (Å²) in [7, 11) is 0. The quantitative estimate of drug-likeness (QED) is 0.0560. The molecule has 5 aromatic carbocycles. The zero-order valence-corrected chi connectivity index (χ0v) is 26.0. The Morgan fingerprint density at radius 3 is 1.57 bits per heavy atom. The molecule has 0 amide bonds. The Morgan fingerprint density at radius 2 is 1.12 bits per heavy atom. The van der Waals surface area contributed by atoms with Gasteiger partial charge < -0.3 is 41.0 Å². The Bertz CT molecular complexity index is 2180. The summed E-state index contributed by atoms with van der Waals surface area (Å²) in [6.07, 6.45) is 0. The van der Waals surface area contributed by atoms with Crippen molar-refractivity contribution in [1.29, 1.82) is 10.8 Å². The molecule has 15 heteroatoms. The SMILES string of the molecule is N=C(N)Nc1ccc(C(=O)Oc2cc3c(cc2F)C2(OC(=O)c4ccccc42)c2cc(F)c(OC(=O)c4ccc(NC(=N)N)cc4)cc2O3)cc1. The molecule has 13 nitrogen and oxygen atoms in total. The van der Waals surface area contributed by atoms with E-state index in [2.05, 4.69) is 10.6 Å². The number of nitrogens with one attached hydrogen (secondary N) is 4. The largest absolute Gasteiger partial charge is 0.456 e. The second kappa shape index (κ2) is 12.3. The van der Waals surface area contributed by atoms with Gasteiger partial charge in [-0.1, -0.05) is 18.2 Å². The Kier molecular flexibility index (Phi) is 7.78. The van der Waals surface area contributed by atoms with E-state index in [9.17, 15) is 14.4 Å². The van der Waals surface area contributed by atoms with Crippen LogP contribution in [0.3, 0.4) is 0 Å². The lowest BCUT2D eigenvalue weighted by atomic mass is 9.77. The predicted molar refractivity (Wildman–Crippen MR) is 178 cm³/mol. The number of nitrogens with two attached hydrogens (primary N) is 2. The predicted octanol–water partition coefficient (Wildman–Crippen LogP) is 5.58. The number of guanidine groups is 2. The minimum atomic E-state index is -1.90. The summed E-state index contributed by atoms with van der Waals surface area (Å²) in [5.41, 5.74) is 10.1. The number of hydrogen-bond donors (Lipinski definition) is 6. The lowest BCUT2D eigenvalue weighted by Crippen LogP contribution is -2.33. The second-order valence-electron chi connectivity index (χ2n) is 11.3. The molecule has 0 saturated carbocycles. The Labute approximate surface area is 286 Å². The molecular formula is C36H24F2N6O7. The Hall–Kier alpha value is -7.29. The summed E-state index contributed by atoms with van der Waals surface area (Å²) in [6, 6.07) is 21.9. The van der Waals surface area contributed by atoms with Gasteiger partial charge in [-0.15, -0.1) is 0 Å². The smallest absolute Gasteiger partial charge is 0.343 e. The highest BCUT2D eigenvalue weighted by Crippen LogP contribution is 2.57. The van der Waals surface area contributed by atoms with Crippen LogP contribution in [0.4, 0.5) is 20.2 Å². The minimum absolute atomic E-state index is 0.0198. The third-order valence-electron chi connectivity index (χ3n) is 8.02. The first kappa shape index (κ1) is 32.3. The highest BCUT2D eigenvalue weighted by molar-refractivity contribution is 5.98. The zero-order valence-electron chi connectivity index (χ0n) is 26.0. The highest BCUT2D eigenvalue weighted by atomic mass is 19.1. The maximum Gasteiger partial charge on any atom is 0.343 e. The number of esters is 3. The normalized spacial score (nSPS) is 15.0. The molecule has 2 aliphatic heterocycles. The van der Waals surface area contributed by atoms with Crippen LogP contribution in [0.1, 0.15) is 47.8 Å². The van der Waals surface area contributed by atoms with E-state index in [1.807, 2.05) is 0 Å². The van der Waals surface area contributed by atoms with E-state index in [0.717, 1.165) is 24.3 Å². The number of benzene rings is 5. The molecule has 254 valence electrons. The van der Waals surface area contributed by atoms with Crippen molar-refractivity contribution in [2.24, 2.45) is 11.5 Å². The van der Waals surface area contributed by atoms with Gasteiger partial charge in [0.2, 0.25) is 0 Å². The van der Waals surface area contributed by atoms with Crippen molar-refractivity contribution in [2.75, 3.05) is 10.6 Å². The Balaban J connectivity index is 1.27. The molecule has 0 unspecified atom stereocenters. The number of fused-ring (bicyclic) bond motifs is 6. The molecule has 5 aromatic rings. The van der Waals surface area contributed by atoms with Gasteiger partial charge in [0.15, 0.2) is 40.7 Å². The van der Waals surface area contributed by atoms with Gasteiger partial charge in [-0.25, -0.2) is 23.2 Å². The summed E-state index contributed by atoms with van der Waals surface area (Å²) in [4.78, 5) is 39.2. The van der Waals surface area contributed by atoms with E-state index < -0.39 is 46.6 Å². The van der Waals surface area contributed by atoms with E-state index in [0.29, 0.717) is 11.4 Å². The third kappa shape index (κ3) is 5.78. The average Bonchev–Trinajstić information content (AvgIpc) is 3.39. The molecule has 0 saturated heterocycles. The van der Waals surface area contributed by atoms with Gasteiger partial charge in [0.05, 0.1) is 27.8 Å². The molecule has 0 aliphatic carbocycles. The van der Waals surface area contributed by atoms with E-state index in [1.165, 1.54) is 54.6 Å². The van der Waals surface area contributed by atoms with Crippen molar-refractivity contribution in [3.63, 3.8) is 0 Å². The lowest BCUT2D eigenvalue weighted by Gasteiger charge is -2.36. The van der Waals surface area contributed by atoms with Gasteiger partial charge in [-0.05, 0) is 66.7 Å². The maximum absolute atomic E-state index is 15.8. The molecule has 0 fully saturated rings. The van der Waals surface area contributed by atoms with Gasteiger partial charge >= 0.3 is 17.9 Å². The first-order chi connectivity index (χ1) is 24.4. The first-order valence-electron chi connectivity index (χ1n) is 15.0. The average molecular weight is 691 g/mol. The van der Waals surface area contributed by atoms with Gasteiger partial charge in [0, 0.05) is 29.1 Å². The topological polar surface area (TPSA) is 212 Å². The molecule has 0 bridgehead atoms. The van der Waals surface area contributed by atoms with Crippen molar-refractivity contribution in [1.82, 2.24) is 0 Å². The summed E-state index contributed by atoms with van der Waals surface area (Å²) in [5, 5.41) is 19.8. The number of halogens is 2. The van der Waals surface area contributed by atoms with Crippen LogP contribution < -0.4 is 36.3 Å². The van der Waals surface area contributed by atoms with Crippen LogP contribution in [0.15, 0.2) is 97.1 Å². The number of rotatable bonds is 6. The first-order valence-corrected chi connectivity index (χ1v) is 15.0. The zero-order chi connectivity index (χ0) is 36.0. The standard InChI is InChI=1S/C36H24F2N6O7/c37-25-13-23-27(15-29(25)49-31(45)17-5-9-19(10-6-17)43-34(39)40)48-28-16-30(50-32(46)18-7-11-20(12-8-18)44-35(41)42)26(38)14-24(28)36(23)22-4-2-1-3-21(22)33(47)51-36/h1-16H,(H4,39,40,43)(H4,41,42,44). The van der Waals surface area contributed by atoms with Crippen molar-refractivity contribution in [2.45, 2.75) is 5.60 Å². The molecule has 8 N–H and O–H groups in total. The van der Waals surface area contributed by atoms with Gasteiger partial charge in [-0.3, -0.25) is 10.8 Å². The highest BCUT2D eigenvalue weighted by Gasteiger charge is 2.54. The number of hydrogen-bond acceptors (Lipinski definition) is 9. The number of carbonyl (C=O) groups excluding carboxylic acids is 3. The lowest BCUT2D eigenvalue weighted by molar-refractivity contribution is 0.0221. The Morgan fingerprint density at radius 1 is 0.667 bits per heavy atom. The van der Waals surface area contributed by atoms with Crippen LogP contribution in [0.25, 0.3) is 0 Å². The number of carbonyl (C=O) groups is 3. The van der Waals surface area contributed by atoms with Crippen molar-refractivity contribution in [3.8, 4) is 23.0 Å². The monoisotopic (exact) mass is 690 g/mol. The van der Waals surface area contributed by atoms with Crippen LogP contribution in [0.5, 0.6) is 23.0 Å². The van der Waals surface area contributed by atoms with E-state index >= 15 is 8.78 Å². The summed E-state index contributed by atoms with van der Waals surface area (Å²) < 4.78 is 54.4. The fraction of sp³-hybridized carbons (Fsp3) is 0.0278. The number of ether oxygens (including phenoxy) is 4. The summed E-state index contributed by atoms with van der Waals surface area (Å²) in [5.74, 6) is -6.52. The minimum Gasteiger partial charge on any atom is -0.456 e. The van der Waals surface area contributed by atoms with Gasteiger partial charge in [0.25, 0.3) is 0 Å². The van der Waals surface area contributed by atoms with E-state index in [-0.39, 0.29) is 56.8 Å². The van der Waals surface area contributed by atoms with Crippen molar-refractivity contribution < 1.29 is 42.1 Å². The third-order valence-corrected chi connectivity index (χ3v) is 8.02. The van der Waals surface area contributed by atoms with E-state index in [1.54, 1.807) is 18.2 Å². The fourth-order valence-electron chi connectivity index (χ4n) is 5.83. The van der Waals surface area contributed by atoms with E-state index in [4.69, 9.17) is 41.2 Å². The molecular weight excluding hydrogens is 666 g/mol. The second-order valence-corrected chi connectivity index (χ2v) is 11.3. The van der Waals surface area contributed by atoms with Gasteiger partial charge in [-0.2, -0.15) is 0 Å². The molecule has 0 aromatic heterocycles. The van der Waals surface area contributed by atoms with Crippen LogP contribution in [0.2, 0.25) is 0 Å².